The first-order chi connectivity index (χ1) is 7.31. The largest absolute Gasteiger partial charge is 0.396 e. The fraction of sp³-hybridized carbons (Fsp3) is 0.385. The molecule has 2 nitrogen and oxygen atoms in total. The maximum Gasteiger partial charge on any atom is 0.0512 e. The van der Waals surface area contributed by atoms with Crippen molar-refractivity contribution in [1.29, 1.82) is 0 Å². The van der Waals surface area contributed by atoms with Crippen molar-refractivity contribution < 1.29 is 5.11 Å². The van der Waals surface area contributed by atoms with Crippen molar-refractivity contribution in [1.82, 2.24) is 4.90 Å². The Hall–Kier alpha value is -1.12. The SMILES string of the molecule is CN1CC=C(c2ccccc2)[C@@H](CO)C1. The lowest BCUT2D eigenvalue weighted by Gasteiger charge is -2.29. The fourth-order valence-corrected chi connectivity index (χ4v) is 2.11. The molecule has 0 unspecified atom stereocenters. The van der Waals surface area contributed by atoms with E-state index >= 15 is 0 Å². The lowest BCUT2D eigenvalue weighted by atomic mass is 9.90. The summed E-state index contributed by atoms with van der Waals surface area (Å²) >= 11 is 0. The van der Waals surface area contributed by atoms with E-state index in [0.717, 1.165) is 13.1 Å². The second kappa shape index (κ2) is 4.60. The molecule has 1 aromatic rings. The number of benzene rings is 1. The topological polar surface area (TPSA) is 23.5 Å². The second-order valence-corrected chi connectivity index (χ2v) is 4.13. The summed E-state index contributed by atoms with van der Waals surface area (Å²) in [6, 6.07) is 10.3. The summed E-state index contributed by atoms with van der Waals surface area (Å²) in [6.07, 6.45) is 2.22. The van der Waals surface area contributed by atoms with E-state index in [0.29, 0.717) is 0 Å². The second-order valence-electron chi connectivity index (χ2n) is 4.13. The Kier molecular flexibility index (Phi) is 3.19. The average Bonchev–Trinajstić information content (AvgIpc) is 2.30. The third-order valence-corrected chi connectivity index (χ3v) is 2.92. The molecule has 0 spiro atoms. The molecule has 1 aromatic carbocycles. The van der Waals surface area contributed by atoms with Crippen molar-refractivity contribution in [2.24, 2.45) is 5.92 Å². The normalized spacial score (nSPS) is 22.5. The van der Waals surface area contributed by atoms with Crippen LogP contribution in [0.3, 0.4) is 0 Å². The van der Waals surface area contributed by atoms with Crippen molar-refractivity contribution in [3.05, 3.63) is 42.0 Å². The molecule has 0 bridgehead atoms. The molecule has 1 aliphatic rings. The molecular weight excluding hydrogens is 186 g/mol. The maximum absolute atomic E-state index is 9.37. The molecule has 1 heterocycles. The molecular formula is C13H17NO. The lowest BCUT2D eigenvalue weighted by Crippen LogP contribution is -2.32. The number of hydrogen-bond donors (Lipinski definition) is 1. The molecule has 0 fully saturated rings. The van der Waals surface area contributed by atoms with E-state index in [-0.39, 0.29) is 12.5 Å². The minimum atomic E-state index is 0.227. The number of likely N-dealkylation sites (N-methyl/N-ethyl adjacent to an activating group) is 1. The zero-order valence-corrected chi connectivity index (χ0v) is 9.06. The fourth-order valence-electron chi connectivity index (χ4n) is 2.11. The van der Waals surface area contributed by atoms with E-state index < -0.39 is 0 Å². The van der Waals surface area contributed by atoms with Gasteiger partial charge < -0.3 is 10.0 Å². The highest BCUT2D eigenvalue weighted by atomic mass is 16.3. The standard InChI is InChI=1S/C13H17NO/c1-14-8-7-13(12(9-14)10-15)11-5-3-2-4-6-11/h2-7,12,15H,8-10H2,1H3/t12-/m1/s1. The van der Waals surface area contributed by atoms with Crippen molar-refractivity contribution in [2.45, 2.75) is 0 Å². The summed E-state index contributed by atoms with van der Waals surface area (Å²) in [4.78, 5) is 2.23. The number of aliphatic hydroxyl groups excluding tert-OH is 1. The highest BCUT2D eigenvalue weighted by molar-refractivity contribution is 5.68. The van der Waals surface area contributed by atoms with Gasteiger partial charge in [0, 0.05) is 19.0 Å². The Bertz CT molecular complexity index is 345. The molecule has 0 saturated carbocycles. The molecule has 1 N–H and O–H groups in total. The van der Waals surface area contributed by atoms with Crippen LogP contribution in [-0.2, 0) is 0 Å². The van der Waals surface area contributed by atoms with Crippen molar-refractivity contribution in [3.8, 4) is 0 Å². The van der Waals surface area contributed by atoms with E-state index in [1.165, 1.54) is 11.1 Å². The number of hydrogen-bond acceptors (Lipinski definition) is 2. The van der Waals surface area contributed by atoms with Crippen LogP contribution in [0.1, 0.15) is 5.56 Å². The number of rotatable bonds is 2. The zero-order valence-electron chi connectivity index (χ0n) is 9.06. The summed E-state index contributed by atoms with van der Waals surface area (Å²) in [6.45, 7) is 2.14. The monoisotopic (exact) mass is 203 g/mol. The molecule has 80 valence electrons. The van der Waals surface area contributed by atoms with Crippen LogP contribution in [0.25, 0.3) is 5.57 Å². The van der Waals surface area contributed by atoms with Gasteiger partial charge >= 0.3 is 0 Å². The Morgan fingerprint density at radius 1 is 1.33 bits per heavy atom. The molecule has 2 rings (SSSR count). The zero-order chi connectivity index (χ0) is 10.7. The first kappa shape index (κ1) is 10.4. The summed E-state index contributed by atoms with van der Waals surface area (Å²) < 4.78 is 0. The van der Waals surface area contributed by atoms with Crippen molar-refractivity contribution >= 4 is 5.57 Å². The minimum absolute atomic E-state index is 0.227. The Balaban J connectivity index is 2.27. The van der Waals surface area contributed by atoms with Gasteiger partial charge in [-0.05, 0) is 18.2 Å². The number of aliphatic hydroxyl groups is 1. The van der Waals surface area contributed by atoms with Crippen LogP contribution >= 0.6 is 0 Å². The molecule has 0 aromatic heterocycles. The third-order valence-electron chi connectivity index (χ3n) is 2.92. The van der Waals surface area contributed by atoms with Crippen LogP contribution in [0.2, 0.25) is 0 Å². The minimum Gasteiger partial charge on any atom is -0.396 e. The number of nitrogens with zero attached hydrogens (tertiary/aromatic N) is 1. The van der Waals surface area contributed by atoms with Crippen LogP contribution in [0.4, 0.5) is 0 Å². The smallest absolute Gasteiger partial charge is 0.0512 e. The molecule has 1 atom stereocenters. The van der Waals surface area contributed by atoms with E-state index in [2.05, 4.69) is 30.2 Å². The molecule has 1 aliphatic heterocycles. The molecule has 15 heavy (non-hydrogen) atoms. The molecule has 0 aliphatic carbocycles. The van der Waals surface area contributed by atoms with Gasteiger partial charge in [0.25, 0.3) is 0 Å². The average molecular weight is 203 g/mol. The van der Waals surface area contributed by atoms with Crippen molar-refractivity contribution in [2.75, 3.05) is 26.7 Å². The van der Waals surface area contributed by atoms with E-state index in [1.54, 1.807) is 0 Å². The molecule has 0 saturated heterocycles. The van der Waals surface area contributed by atoms with Crippen LogP contribution in [0, 0.1) is 5.92 Å². The van der Waals surface area contributed by atoms with E-state index in [1.807, 2.05) is 18.2 Å². The molecule has 0 amide bonds. The quantitative estimate of drug-likeness (QED) is 0.789. The molecule has 2 heteroatoms. The van der Waals surface area contributed by atoms with Gasteiger partial charge in [-0.1, -0.05) is 36.4 Å². The van der Waals surface area contributed by atoms with Crippen LogP contribution in [0.5, 0.6) is 0 Å². The Labute approximate surface area is 90.8 Å². The van der Waals surface area contributed by atoms with Gasteiger partial charge in [-0.3, -0.25) is 0 Å². The van der Waals surface area contributed by atoms with Gasteiger partial charge in [0.2, 0.25) is 0 Å². The van der Waals surface area contributed by atoms with Crippen LogP contribution < -0.4 is 0 Å². The highest BCUT2D eigenvalue weighted by Gasteiger charge is 2.20. The van der Waals surface area contributed by atoms with Crippen molar-refractivity contribution in [3.63, 3.8) is 0 Å². The molecule has 0 radical (unpaired) electrons. The summed E-state index contributed by atoms with van der Waals surface area (Å²) in [7, 11) is 2.08. The van der Waals surface area contributed by atoms with Gasteiger partial charge in [0.15, 0.2) is 0 Å². The summed E-state index contributed by atoms with van der Waals surface area (Å²) in [5, 5.41) is 9.37. The predicted molar refractivity (Wildman–Crippen MR) is 62.5 cm³/mol. The van der Waals surface area contributed by atoms with E-state index in [4.69, 9.17) is 0 Å². The van der Waals surface area contributed by atoms with Crippen LogP contribution in [-0.4, -0.2) is 36.8 Å². The van der Waals surface area contributed by atoms with Gasteiger partial charge in [-0.25, -0.2) is 0 Å². The predicted octanol–water partition coefficient (Wildman–Crippen LogP) is 1.62. The van der Waals surface area contributed by atoms with Gasteiger partial charge in [0.05, 0.1) is 6.61 Å². The summed E-state index contributed by atoms with van der Waals surface area (Å²) in [5.74, 6) is 0.256. The van der Waals surface area contributed by atoms with Crippen LogP contribution in [0.15, 0.2) is 36.4 Å². The Morgan fingerprint density at radius 3 is 2.73 bits per heavy atom. The summed E-state index contributed by atoms with van der Waals surface area (Å²) in [5.41, 5.74) is 2.53. The first-order valence-corrected chi connectivity index (χ1v) is 5.36. The van der Waals surface area contributed by atoms with Gasteiger partial charge in [0.1, 0.15) is 0 Å². The highest BCUT2D eigenvalue weighted by Crippen LogP contribution is 2.26. The Morgan fingerprint density at radius 2 is 2.07 bits per heavy atom. The van der Waals surface area contributed by atoms with Gasteiger partial charge in [-0.15, -0.1) is 0 Å². The lowest BCUT2D eigenvalue weighted by molar-refractivity contribution is 0.212. The maximum atomic E-state index is 9.37. The van der Waals surface area contributed by atoms with E-state index in [9.17, 15) is 5.11 Å². The first-order valence-electron chi connectivity index (χ1n) is 5.36. The van der Waals surface area contributed by atoms with Gasteiger partial charge in [-0.2, -0.15) is 0 Å². The third kappa shape index (κ3) is 2.28.